The molecule has 0 radical (unpaired) electrons. The maximum Gasteiger partial charge on any atom is 0.310 e. The van der Waals surface area contributed by atoms with Crippen molar-refractivity contribution in [2.24, 2.45) is 0 Å². The predicted molar refractivity (Wildman–Crippen MR) is 90.9 cm³/mol. The third kappa shape index (κ3) is 5.42. The van der Waals surface area contributed by atoms with Crippen LogP contribution in [-0.4, -0.2) is 37.8 Å². The Hall–Kier alpha value is -3.22. The molecule has 2 rings (SSSR count). The molecule has 0 unspecified atom stereocenters. The van der Waals surface area contributed by atoms with E-state index in [0.717, 1.165) is 0 Å². The molecule has 0 aliphatic rings. The monoisotopic (exact) mass is 345 g/mol. The summed E-state index contributed by atoms with van der Waals surface area (Å²) in [4.78, 5) is 23.7. The summed E-state index contributed by atoms with van der Waals surface area (Å²) in [5.74, 6) is 0.0952. The van der Waals surface area contributed by atoms with Gasteiger partial charge < -0.3 is 24.6 Å². The third-order valence-corrected chi connectivity index (χ3v) is 3.33. The molecular weight excluding hydrogens is 326 g/mol. The van der Waals surface area contributed by atoms with E-state index in [1.807, 2.05) is 0 Å². The molecule has 2 N–H and O–H groups in total. The van der Waals surface area contributed by atoms with Crippen LogP contribution in [0.2, 0.25) is 0 Å². The van der Waals surface area contributed by atoms with Crippen molar-refractivity contribution in [3.8, 4) is 17.2 Å². The van der Waals surface area contributed by atoms with E-state index in [4.69, 9.17) is 14.2 Å². The topological polar surface area (TPSA) is 94.1 Å². The van der Waals surface area contributed by atoms with E-state index >= 15 is 0 Å². The number of methoxy groups -OCH3 is 2. The Bertz CT molecular complexity index is 742. The molecule has 0 heterocycles. The van der Waals surface area contributed by atoms with E-state index in [9.17, 15) is 14.7 Å². The second kappa shape index (κ2) is 8.58. The molecule has 0 aliphatic carbocycles. The molecule has 0 aliphatic heterocycles. The van der Waals surface area contributed by atoms with Gasteiger partial charge in [-0.05, 0) is 29.8 Å². The van der Waals surface area contributed by atoms with Crippen LogP contribution in [0.3, 0.4) is 0 Å². The Morgan fingerprint density at radius 2 is 1.76 bits per heavy atom. The molecule has 2 aromatic rings. The number of benzene rings is 2. The third-order valence-electron chi connectivity index (χ3n) is 3.33. The van der Waals surface area contributed by atoms with Gasteiger partial charge in [0.1, 0.15) is 17.2 Å². The fourth-order valence-corrected chi connectivity index (χ4v) is 2.08. The number of hydrogen-bond donors (Lipinski definition) is 2. The van der Waals surface area contributed by atoms with Crippen molar-refractivity contribution in [3.05, 3.63) is 48.0 Å². The zero-order chi connectivity index (χ0) is 18.2. The van der Waals surface area contributed by atoms with Gasteiger partial charge in [0.05, 0.1) is 26.3 Å². The molecule has 25 heavy (non-hydrogen) atoms. The van der Waals surface area contributed by atoms with Crippen LogP contribution in [0.25, 0.3) is 0 Å². The molecule has 0 atom stereocenters. The molecule has 0 aromatic heterocycles. The van der Waals surface area contributed by atoms with E-state index in [1.54, 1.807) is 30.3 Å². The first-order valence-electron chi connectivity index (χ1n) is 7.47. The number of anilines is 1. The van der Waals surface area contributed by atoms with Gasteiger partial charge in [0.2, 0.25) is 0 Å². The summed E-state index contributed by atoms with van der Waals surface area (Å²) in [6.07, 6.45) is 0.00996. The van der Waals surface area contributed by atoms with Gasteiger partial charge in [0.25, 0.3) is 5.91 Å². The van der Waals surface area contributed by atoms with Crippen molar-refractivity contribution in [1.82, 2.24) is 0 Å². The number of ether oxygens (including phenoxy) is 3. The molecule has 0 saturated carbocycles. The number of hydrogen-bond acceptors (Lipinski definition) is 6. The molecule has 7 nitrogen and oxygen atoms in total. The van der Waals surface area contributed by atoms with Crippen molar-refractivity contribution >= 4 is 17.6 Å². The zero-order valence-corrected chi connectivity index (χ0v) is 13.9. The highest BCUT2D eigenvalue weighted by Crippen LogP contribution is 2.28. The number of carbonyl (C=O) groups excluding carboxylic acids is 2. The van der Waals surface area contributed by atoms with Crippen LogP contribution in [-0.2, 0) is 20.7 Å². The minimum Gasteiger partial charge on any atom is -0.508 e. The van der Waals surface area contributed by atoms with Crippen molar-refractivity contribution in [2.75, 3.05) is 26.1 Å². The van der Waals surface area contributed by atoms with Crippen molar-refractivity contribution in [3.63, 3.8) is 0 Å². The van der Waals surface area contributed by atoms with Crippen LogP contribution >= 0.6 is 0 Å². The van der Waals surface area contributed by atoms with Gasteiger partial charge in [-0.25, -0.2) is 0 Å². The van der Waals surface area contributed by atoms with Crippen LogP contribution < -0.4 is 14.8 Å². The molecule has 0 fully saturated rings. The lowest BCUT2D eigenvalue weighted by molar-refractivity contribution is -0.146. The normalized spacial score (nSPS) is 10.0. The maximum atomic E-state index is 12.0. The fraction of sp³-hybridized carbons (Fsp3) is 0.222. The first-order chi connectivity index (χ1) is 12.0. The summed E-state index contributed by atoms with van der Waals surface area (Å²) in [7, 11) is 2.99. The summed E-state index contributed by atoms with van der Waals surface area (Å²) in [6, 6.07) is 11.1. The molecule has 2 aromatic carbocycles. The van der Waals surface area contributed by atoms with Gasteiger partial charge in [-0.2, -0.15) is 0 Å². The number of aromatic hydroxyl groups is 1. The SMILES string of the molecule is COc1ccc(OC)c(NC(=O)COC(=O)Cc2ccc(O)cc2)c1. The van der Waals surface area contributed by atoms with Gasteiger partial charge in [-0.1, -0.05) is 12.1 Å². The Labute approximate surface area is 145 Å². The summed E-state index contributed by atoms with van der Waals surface area (Å²) in [5, 5.41) is 11.8. The largest absolute Gasteiger partial charge is 0.508 e. The van der Waals surface area contributed by atoms with Crippen molar-refractivity contribution in [2.45, 2.75) is 6.42 Å². The average Bonchev–Trinajstić information content (AvgIpc) is 2.62. The Morgan fingerprint density at radius 3 is 2.40 bits per heavy atom. The van der Waals surface area contributed by atoms with Gasteiger partial charge in [-0.15, -0.1) is 0 Å². The van der Waals surface area contributed by atoms with Crippen LogP contribution in [0.15, 0.2) is 42.5 Å². The number of esters is 1. The van der Waals surface area contributed by atoms with E-state index in [-0.39, 0.29) is 12.2 Å². The lowest BCUT2D eigenvalue weighted by atomic mass is 10.1. The molecule has 132 valence electrons. The van der Waals surface area contributed by atoms with Gasteiger partial charge in [0.15, 0.2) is 6.61 Å². The Kier molecular flexibility index (Phi) is 6.22. The summed E-state index contributed by atoms with van der Waals surface area (Å²) in [6.45, 7) is -0.419. The molecule has 7 heteroatoms. The smallest absolute Gasteiger partial charge is 0.310 e. The Morgan fingerprint density at radius 1 is 1.04 bits per heavy atom. The van der Waals surface area contributed by atoms with E-state index < -0.39 is 18.5 Å². The summed E-state index contributed by atoms with van der Waals surface area (Å²) < 4.78 is 15.2. The lowest BCUT2D eigenvalue weighted by Gasteiger charge is -2.12. The van der Waals surface area contributed by atoms with Gasteiger partial charge in [-0.3, -0.25) is 9.59 Å². The highest BCUT2D eigenvalue weighted by atomic mass is 16.5. The number of phenols is 1. The number of carbonyl (C=O) groups is 2. The molecule has 1 amide bonds. The Balaban J connectivity index is 1.88. The first-order valence-corrected chi connectivity index (χ1v) is 7.47. The molecular formula is C18H19NO6. The minimum atomic E-state index is -0.543. The van der Waals surface area contributed by atoms with Crippen molar-refractivity contribution in [1.29, 1.82) is 0 Å². The quantitative estimate of drug-likeness (QED) is 0.747. The average molecular weight is 345 g/mol. The van der Waals surface area contributed by atoms with Crippen LogP contribution in [0, 0.1) is 0 Å². The summed E-state index contributed by atoms with van der Waals surface area (Å²) in [5.41, 5.74) is 1.10. The van der Waals surface area contributed by atoms with E-state index in [1.165, 1.54) is 26.4 Å². The number of rotatable bonds is 7. The van der Waals surface area contributed by atoms with Crippen LogP contribution in [0.4, 0.5) is 5.69 Å². The van der Waals surface area contributed by atoms with E-state index in [0.29, 0.717) is 22.7 Å². The number of nitrogens with one attached hydrogen (secondary N) is 1. The van der Waals surface area contributed by atoms with Crippen LogP contribution in [0.5, 0.6) is 17.2 Å². The second-order valence-electron chi connectivity index (χ2n) is 5.12. The maximum absolute atomic E-state index is 12.0. The predicted octanol–water partition coefficient (Wildman–Crippen LogP) is 2.13. The molecule has 0 bridgehead atoms. The number of phenolic OH excluding ortho intramolecular Hbond substituents is 1. The van der Waals surface area contributed by atoms with Crippen LogP contribution in [0.1, 0.15) is 5.56 Å². The minimum absolute atomic E-state index is 0.00996. The van der Waals surface area contributed by atoms with Crippen molar-refractivity contribution < 1.29 is 28.9 Å². The second-order valence-corrected chi connectivity index (χ2v) is 5.12. The van der Waals surface area contributed by atoms with E-state index in [2.05, 4.69) is 5.32 Å². The lowest BCUT2D eigenvalue weighted by Crippen LogP contribution is -2.22. The molecule has 0 saturated heterocycles. The fourth-order valence-electron chi connectivity index (χ4n) is 2.08. The first kappa shape index (κ1) is 18.1. The highest BCUT2D eigenvalue weighted by Gasteiger charge is 2.12. The van der Waals surface area contributed by atoms with Gasteiger partial charge >= 0.3 is 5.97 Å². The zero-order valence-electron chi connectivity index (χ0n) is 13.9. The highest BCUT2D eigenvalue weighted by molar-refractivity contribution is 5.94. The number of amides is 1. The van der Waals surface area contributed by atoms with Gasteiger partial charge in [0, 0.05) is 6.07 Å². The molecule has 0 spiro atoms. The summed E-state index contributed by atoms with van der Waals surface area (Å²) >= 11 is 0. The standard InChI is InChI=1S/C18H19NO6/c1-23-14-7-8-16(24-2)15(10-14)19-17(21)11-25-18(22)9-12-3-5-13(20)6-4-12/h3-8,10,20H,9,11H2,1-2H3,(H,19,21).